The summed E-state index contributed by atoms with van der Waals surface area (Å²) >= 11 is 3.59. The Balaban J connectivity index is 1.98. The van der Waals surface area contributed by atoms with Crippen LogP contribution < -0.4 is 4.74 Å². The van der Waals surface area contributed by atoms with E-state index < -0.39 is 0 Å². The second kappa shape index (κ2) is 5.00. The van der Waals surface area contributed by atoms with Crippen LogP contribution in [0.3, 0.4) is 0 Å². The molecule has 1 aromatic heterocycles. The predicted molar refractivity (Wildman–Crippen MR) is 78.8 cm³/mol. The van der Waals surface area contributed by atoms with Crippen LogP contribution in [0.4, 0.5) is 0 Å². The molecule has 0 radical (unpaired) electrons. The predicted octanol–water partition coefficient (Wildman–Crippen LogP) is 3.75. The van der Waals surface area contributed by atoms with E-state index in [4.69, 9.17) is 4.74 Å². The molecule has 0 spiro atoms. The highest BCUT2D eigenvalue weighted by Crippen LogP contribution is 2.33. The quantitative estimate of drug-likeness (QED) is 0.861. The number of fused-ring (bicyclic) bond motifs is 1. The molecule has 3 rings (SSSR count). The van der Waals surface area contributed by atoms with Gasteiger partial charge < -0.3 is 9.30 Å². The zero-order valence-electron chi connectivity index (χ0n) is 11.2. The Kier molecular flexibility index (Phi) is 3.35. The van der Waals surface area contributed by atoms with E-state index in [0.717, 1.165) is 35.6 Å². The number of ether oxygens (including phenoxy) is 1. The molecule has 4 heteroatoms. The first-order valence-corrected chi connectivity index (χ1v) is 7.39. The van der Waals surface area contributed by atoms with Crippen LogP contribution in [0, 0.1) is 0 Å². The van der Waals surface area contributed by atoms with E-state index in [9.17, 15) is 0 Å². The Morgan fingerprint density at radius 2 is 2.26 bits per heavy atom. The fourth-order valence-corrected chi connectivity index (χ4v) is 3.15. The van der Waals surface area contributed by atoms with Gasteiger partial charge in [0.1, 0.15) is 11.6 Å². The summed E-state index contributed by atoms with van der Waals surface area (Å²) in [5.41, 5.74) is 2.53. The van der Waals surface area contributed by atoms with E-state index in [0.29, 0.717) is 5.92 Å². The molecule has 0 unspecified atom stereocenters. The van der Waals surface area contributed by atoms with Crippen molar-refractivity contribution in [3.8, 4) is 5.75 Å². The maximum Gasteiger partial charge on any atom is 0.127 e. The average molecular weight is 321 g/mol. The van der Waals surface area contributed by atoms with Gasteiger partial charge in [-0.15, -0.1) is 0 Å². The molecule has 0 bridgehead atoms. The van der Waals surface area contributed by atoms with E-state index in [1.54, 1.807) is 0 Å². The van der Waals surface area contributed by atoms with Gasteiger partial charge in [-0.3, -0.25) is 0 Å². The molecule has 100 valence electrons. The maximum atomic E-state index is 5.78. The summed E-state index contributed by atoms with van der Waals surface area (Å²) < 4.78 is 9.11. The molecular weight excluding hydrogens is 304 g/mol. The van der Waals surface area contributed by atoms with Gasteiger partial charge in [-0.1, -0.05) is 29.8 Å². The number of nitrogens with zero attached hydrogens (tertiary/aromatic N) is 2. The SMILES string of the molecule is CC(C)c1nccn1Cc1cc(Br)cc2c1OCC2. The summed E-state index contributed by atoms with van der Waals surface area (Å²) in [5, 5.41) is 0. The normalized spacial score (nSPS) is 13.7. The molecule has 0 amide bonds. The lowest BCUT2D eigenvalue weighted by molar-refractivity contribution is 0.352. The fraction of sp³-hybridized carbons (Fsp3) is 0.400. The van der Waals surface area contributed by atoms with Crippen LogP contribution in [0.5, 0.6) is 5.75 Å². The lowest BCUT2D eigenvalue weighted by Gasteiger charge is -2.13. The molecular formula is C15H17BrN2O. The highest BCUT2D eigenvalue weighted by Gasteiger charge is 2.18. The van der Waals surface area contributed by atoms with E-state index in [2.05, 4.69) is 51.5 Å². The van der Waals surface area contributed by atoms with E-state index in [-0.39, 0.29) is 0 Å². The first kappa shape index (κ1) is 12.7. The van der Waals surface area contributed by atoms with Crippen LogP contribution in [-0.2, 0) is 13.0 Å². The number of rotatable bonds is 3. The number of imidazole rings is 1. The number of hydrogen-bond donors (Lipinski definition) is 0. The van der Waals surface area contributed by atoms with Gasteiger partial charge in [-0.05, 0) is 17.7 Å². The molecule has 0 fully saturated rings. The number of halogens is 1. The highest BCUT2D eigenvalue weighted by molar-refractivity contribution is 9.10. The van der Waals surface area contributed by atoms with Gasteiger partial charge in [-0.2, -0.15) is 0 Å². The minimum absolute atomic E-state index is 0.427. The first-order valence-electron chi connectivity index (χ1n) is 6.60. The average Bonchev–Trinajstić information content (AvgIpc) is 2.96. The lowest BCUT2D eigenvalue weighted by Crippen LogP contribution is -2.07. The maximum absolute atomic E-state index is 5.78. The van der Waals surface area contributed by atoms with Crippen molar-refractivity contribution in [2.24, 2.45) is 0 Å². The Morgan fingerprint density at radius 3 is 3.05 bits per heavy atom. The van der Waals surface area contributed by atoms with Gasteiger partial charge in [0, 0.05) is 34.8 Å². The summed E-state index contributed by atoms with van der Waals surface area (Å²) in [6.07, 6.45) is 4.91. The van der Waals surface area contributed by atoms with Crippen LogP contribution in [0.15, 0.2) is 29.0 Å². The molecule has 0 aliphatic carbocycles. The Bertz CT molecular complexity index is 604. The monoisotopic (exact) mass is 320 g/mol. The largest absolute Gasteiger partial charge is 0.493 e. The van der Waals surface area contributed by atoms with Crippen LogP contribution >= 0.6 is 15.9 Å². The second-order valence-corrected chi connectivity index (χ2v) is 6.14. The summed E-state index contributed by atoms with van der Waals surface area (Å²) in [5.74, 6) is 2.61. The molecule has 0 atom stereocenters. The van der Waals surface area contributed by atoms with Gasteiger partial charge >= 0.3 is 0 Å². The third-order valence-corrected chi connectivity index (χ3v) is 3.89. The molecule has 3 nitrogen and oxygen atoms in total. The molecule has 1 aliphatic heterocycles. The zero-order chi connectivity index (χ0) is 13.4. The van der Waals surface area contributed by atoms with Crippen molar-refractivity contribution in [3.63, 3.8) is 0 Å². The fourth-order valence-electron chi connectivity index (χ4n) is 2.60. The van der Waals surface area contributed by atoms with Crippen LogP contribution in [0.1, 0.15) is 36.7 Å². The van der Waals surface area contributed by atoms with Crippen molar-refractivity contribution < 1.29 is 4.74 Å². The van der Waals surface area contributed by atoms with Crippen molar-refractivity contribution in [1.82, 2.24) is 9.55 Å². The topological polar surface area (TPSA) is 27.1 Å². The smallest absolute Gasteiger partial charge is 0.127 e. The minimum Gasteiger partial charge on any atom is -0.493 e. The first-order chi connectivity index (χ1) is 9.15. The summed E-state index contributed by atoms with van der Waals surface area (Å²) in [7, 11) is 0. The van der Waals surface area contributed by atoms with Crippen molar-refractivity contribution in [3.05, 3.63) is 46.0 Å². The molecule has 0 saturated carbocycles. The molecule has 2 heterocycles. The van der Waals surface area contributed by atoms with Gasteiger partial charge in [0.05, 0.1) is 13.2 Å². The third-order valence-electron chi connectivity index (χ3n) is 3.43. The summed E-state index contributed by atoms with van der Waals surface area (Å²) in [6, 6.07) is 4.30. The zero-order valence-corrected chi connectivity index (χ0v) is 12.8. The summed E-state index contributed by atoms with van der Waals surface area (Å²) in [6.45, 7) is 5.94. The standard InChI is InChI=1S/C15H17BrN2O/c1-10(2)15-17-4-5-18(15)9-12-8-13(16)7-11-3-6-19-14(11)12/h4-5,7-8,10H,3,6,9H2,1-2H3. The Morgan fingerprint density at radius 1 is 1.42 bits per heavy atom. The van der Waals surface area contributed by atoms with Crippen molar-refractivity contribution in [2.75, 3.05) is 6.61 Å². The van der Waals surface area contributed by atoms with E-state index >= 15 is 0 Å². The lowest BCUT2D eigenvalue weighted by atomic mass is 10.1. The van der Waals surface area contributed by atoms with Crippen molar-refractivity contribution >= 4 is 15.9 Å². The van der Waals surface area contributed by atoms with Crippen molar-refractivity contribution in [1.29, 1.82) is 0 Å². The number of hydrogen-bond acceptors (Lipinski definition) is 2. The highest BCUT2D eigenvalue weighted by atomic mass is 79.9. The van der Waals surface area contributed by atoms with Gasteiger partial charge in [0.15, 0.2) is 0 Å². The molecule has 0 N–H and O–H groups in total. The third kappa shape index (κ3) is 2.41. The van der Waals surface area contributed by atoms with E-state index in [1.165, 1.54) is 11.1 Å². The number of benzene rings is 1. The Labute approximate surface area is 121 Å². The van der Waals surface area contributed by atoms with Crippen LogP contribution in [0.25, 0.3) is 0 Å². The number of aromatic nitrogens is 2. The van der Waals surface area contributed by atoms with Crippen molar-refractivity contribution in [2.45, 2.75) is 32.7 Å². The molecule has 1 aliphatic rings. The summed E-state index contributed by atoms with van der Waals surface area (Å²) in [4.78, 5) is 4.44. The molecule has 19 heavy (non-hydrogen) atoms. The Hall–Kier alpha value is -1.29. The molecule has 2 aromatic rings. The van der Waals surface area contributed by atoms with Crippen LogP contribution in [0.2, 0.25) is 0 Å². The molecule has 1 aromatic carbocycles. The van der Waals surface area contributed by atoms with Crippen LogP contribution in [-0.4, -0.2) is 16.2 Å². The van der Waals surface area contributed by atoms with E-state index in [1.807, 2.05) is 12.4 Å². The minimum atomic E-state index is 0.427. The van der Waals surface area contributed by atoms with Gasteiger partial charge in [0.25, 0.3) is 0 Å². The second-order valence-electron chi connectivity index (χ2n) is 5.22. The molecule has 0 saturated heterocycles. The van der Waals surface area contributed by atoms with Gasteiger partial charge in [-0.25, -0.2) is 4.98 Å². The van der Waals surface area contributed by atoms with Gasteiger partial charge in [0.2, 0.25) is 0 Å².